The molecule has 6 heteroatoms. The molecule has 0 unspecified atom stereocenters. The van der Waals surface area contributed by atoms with Crippen LogP contribution in [0.25, 0.3) is 66.4 Å². The first-order chi connectivity index (χ1) is 20.9. The Bertz CT molecular complexity index is 2230. The Hall–Kier alpha value is -4.35. The number of pyridine rings is 2. The van der Waals surface area contributed by atoms with Crippen molar-refractivity contribution in [3.8, 4) is 22.5 Å². The van der Waals surface area contributed by atoms with E-state index >= 15 is 0 Å². The summed E-state index contributed by atoms with van der Waals surface area (Å²) in [5.41, 5.74) is 8.24. The van der Waals surface area contributed by atoms with Gasteiger partial charge in [0.2, 0.25) is 0 Å². The van der Waals surface area contributed by atoms with E-state index in [1.807, 2.05) is 85.2 Å². The van der Waals surface area contributed by atoms with E-state index in [-0.39, 0.29) is 20.1 Å². The molecular formula is C38H30IrN2O2Si-2. The van der Waals surface area contributed by atoms with Gasteiger partial charge in [-0.25, -0.2) is 0 Å². The maximum Gasteiger partial charge on any atom is 0.135 e. The van der Waals surface area contributed by atoms with Gasteiger partial charge in [-0.15, -0.1) is 53.6 Å². The van der Waals surface area contributed by atoms with Crippen molar-refractivity contribution in [2.45, 2.75) is 26.6 Å². The summed E-state index contributed by atoms with van der Waals surface area (Å²) in [5.74, 6) is 0. The summed E-state index contributed by atoms with van der Waals surface area (Å²) in [4.78, 5) is 9.22. The molecule has 0 amide bonds. The Balaban J connectivity index is 0.000000174. The molecule has 0 atom stereocenters. The van der Waals surface area contributed by atoms with Crippen LogP contribution in [-0.2, 0) is 20.1 Å². The summed E-state index contributed by atoms with van der Waals surface area (Å²) in [5, 5.41) is 5.72. The summed E-state index contributed by atoms with van der Waals surface area (Å²) in [6.07, 6.45) is 3.89. The van der Waals surface area contributed by atoms with Crippen molar-refractivity contribution >= 4 is 57.1 Å². The van der Waals surface area contributed by atoms with Crippen LogP contribution in [0.3, 0.4) is 0 Å². The maximum absolute atomic E-state index is 6.19. The van der Waals surface area contributed by atoms with E-state index in [2.05, 4.69) is 67.9 Å². The number of para-hydroxylation sites is 2. The molecule has 219 valence electrons. The van der Waals surface area contributed by atoms with Crippen LogP contribution in [0.15, 0.2) is 118 Å². The van der Waals surface area contributed by atoms with Crippen molar-refractivity contribution in [2.75, 3.05) is 0 Å². The number of fused-ring (bicyclic) bond motifs is 6. The van der Waals surface area contributed by atoms with E-state index in [0.717, 1.165) is 72.0 Å². The molecule has 0 fully saturated rings. The van der Waals surface area contributed by atoms with E-state index in [0.29, 0.717) is 0 Å². The van der Waals surface area contributed by atoms with Gasteiger partial charge in [-0.1, -0.05) is 86.0 Å². The van der Waals surface area contributed by atoms with Crippen molar-refractivity contribution in [1.29, 1.82) is 0 Å². The first kappa shape index (κ1) is 29.7. The normalized spacial score (nSPS) is 11.5. The summed E-state index contributed by atoms with van der Waals surface area (Å²) < 4.78 is 12.2. The largest absolute Gasteiger partial charge is 0.501 e. The molecule has 0 saturated carbocycles. The second kappa shape index (κ2) is 12.0. The van der Waals surface area contributed by atoms with Gasteiger partial charge in [-0.3, -0.25) is 0 Å². The van der Waals surface area contributed by atoms with Crippen LogP contribution in [-0.4, -0.2) is 18.0 Å². The Morgan fingerprint density at radius 2 is 1.36 bits per heavy atom. The van der Waals surface area contributed by atoms with Crippen LogP contribution in [0.1, 0.15) is 5.56 Å². The molecule has 1 radical (unpaired) electrons. The number of aromatic nitrogens is 2. The first-order valence-corrected chi connectivity index (χ1v) is 17.9. The van der Waals surface area contributed by atoms with E-state index < -0.39 is 8.07 Å². The van der Waals surface area contributed by atoms with Crippen molar-refractivity contribution in [2.24, 2.45) is 0 Å². The number of nitrogens with zero attached hydrogens (tertiary/aromatic N) is 2. The molecule has 0 spiro atoms. The Labute approximate surface area is 271 Å². The molecule has 4 aromatic carbocycles. The van der Waals surface area contributed by atoms with Crippen molar-refractivity contribution in [3.63, 3.8) is 0 Å². The molecule has 0 aliphatic rings. The van der Waals surface area contributed by atoms with Crippen molar-refractivity contribution in [1.82, 2.24) is 9.97 Å². The fourth-order valence-corrected chi connectivity index (χ4v) is 6.46. The van der Waals surface area contributed by atoms with E-state index in [1.54, 1.807) is 0 Å². The van der Waals surface area contributed by atoms with Gasteiger partial charge in [-0.2, -0.15) is 0 Å². The Morgan fingerprint density at radius 1 is 0.659 bits per heavy atom. The van der Waals surface area contributed by atoms with Gasteiger partial charge < -0.3 is 18.8 Å². The van der Waals surface area contributed by atoms with E-state index in [1.165, 1.54) is 5.19 Å². The fourth-order valence-electron chi connectivity index (χ4n) is 5.43. The topological polar surface area (TPSA) is 52.1 Å². The number of hydrogen-bond donors (Lipinski definition) is 0. The number of furan rings is 2. The molecule has 0 aliphatic carbocycles. The zero-order chi connectivity index (χ0) is 29.6. The third-order valence-corrected chi connectivity index (χ3v) is 9.81. The quantitative estimate of drug-likeness (QED) is 0.133. The number of rotatable bonds is 3. The molecule has 0 N–H and O–H groups in total. The summed E-state index contributed by atoms with van der Waals surface area (Å²) in [6.45, 7) is 9.08. The molecule has 0 aliphatic heterocycles. The molecule has 4 aromatic heterocycles. The average molecular weight is 767 g/mol. The number of hydrogen-bond acceptors (Lipinski definition) is 4. The van der Waals surface area contributed by atoms with Gasteiger partial charge in [-0.05, 0) is 34.8 Å². The third-order valence-electron chi connectivity index (χ3n) is 7.78. The van der Waals surface area contributed by atoms with Crippen LogP contribution >= 0.6 is 0 Å². The standard InChI is InChI=1S/C24H14NO2.C14H16NSi.Ir/c1-14-10-11-16(24-23(14)17-7-3-5-9-21(17)27-24)19-12-22-18(13-25-19)15-6-2-4-8-20(15)26-22;1-16(2,3)13-9-10-14(15-11-13)12-7-5-4-6-8-12;/h2-10,12-13H,1H3;4-7,9-11H,1-3H3;/q2*-1;. The first-order valence-electron chi connectivity index (χ1n) is 14.4. The molecule has 44 heavy (non-hydrogen) atoms. The van der Waals surface area contributed by atoms with Gasteiger partial charge in [0.1, 0.15) is 16.7 Å². The Kier molecular flexibility index (Phi) is 8.08. The van der Waals surface area contributed by atoms with Crippen LogP contribution in [0, 0.1) is 19.1 Å². The van der Waals surface area contributed by atoms with Gasteiger partial charge in [0.05, 0.1) is 13.7 Å². The molecule has 8 rings (SSSR count). The summed E-state index contributed by atoms with van der Waals surface area (Å²) >= 11 is 0. The predicted octanol–water partition coefficient (Wildman–Crippen LogP) is 9.75. The molecule has 4 heterocycles. The van der Waals surface area contributed by atoms with Crippen molar-refractivity contribution < 1.29 is 28.9 Å². The minimum atomic E-state index is -1.23. The van der Waals surface area contributed by atoms with Gasteiger partial charge >= 0.3 is 0 Å². The van der Waals surface area contributed by atoms with Crippen LogP contribution in [0.4, 0.5) is 0 Å². The molecule has 0 bridgehead atoms. The van der Waals surface area contributed by atoms with Gasteiger partial charge in [0.15, 0.2) is 0 Å². The summed E-state index contributed by atoms with van der Waals surface area (Å²) in [7, 11) is -1.23. The predicted molar refractivity (Wildman–Crippen MR) is 179 cm³/mol. The minimum Gasteiger partial charge on any atom is -0.501 e. The van der Waals surface area contributed by atoms with Gasteiger partial charge in [0.25, 0.3) is 0 Å². The number of aryl methyl sites for hydroxylation is 1. The maximum atomic E-state index is 6.19. The average Bonchev–Trinajstić information content (AvgIpc) is 3.61. The molecule has 8 aromatic rings. The van der Waals surface area contributed by atoms with Crippen LogP contribution in [0.2, 0.25) is 19.6 Å². The van der Waals surface area contributed by atoms with E-state index in [9.17, 15) is 0 Å². The smallest absolute Gasteiger partial charge is 0.135 e. The number of benzene rings is 4. The summed E-state index contributed by atoms with van der Waals surface area (Å²) in [6, 6.07) is 38.9. The fraction of sp³-hybridized carbons (Fsp3) is 0.105. The second-order valence-electron chi connectivity index (χ2n) is 11.8. The van der Waals surface area contributed by atoms with E-state index in [4.69, 9.17) is 13.8 Å². The Morgan fingerprint density at radius 3 is 2.07 bits per heavy atom. The zero-order valence-electron chi connectivity index (χ0n) is 24.9. The van der Waals surface area contributed by atoms with Gasteiger partial charge in [0, 0.05) is 48.7 Å². The second-order valence-corrected chi connectivity index (χ2v) is 16.8. The minimum absolute atomic E-state index is 0. The third kappa shape index (κ3) is 5.53. The SMILES string of the molecule is C[Si](C)(C)c1ccc(-c2[c-]cccc2)nc1.Cc1c[c-]c(-c2cc3oc4ccccc4c3cn2)c2oc3ccccc3c12.[Ir]. The zero-order valence-corrected chi connectivity index (χ0v) is 28.3. The monoisotopic (exact) mass is 767 g/mol. The van der Waals surface area contributed by atoms with Crippen molar-refractivity contribution in [3.05, 3.63) is 127 Å². The van der Waals surface area contributed by atoms with Crippen LogP contribution < -0.4 is 5.19 Å². The molecule has 0 saturated heterocycles. The molecular weight excluding hydrogens is 737 g/mol. The molecule has 4 nitrogen and oxygen atoms in total. The van der Waals surface area contributed by atoms with Crippen LogP contribution in [0.5, 0.6) is 0 Å².